The molecule has 0 unspecified atom stereocenters. The molecule has 1 heteroatoms. The third-order valence-corrected chi connectivity index (χ3v) is 6.81. The van der Waals surface area contributed by atoms with Crippen LogP contribution in [-0.2, 0) is 12.0 Å². The summed E-state index contributed by atoms with van der Waals surface area (Å²) in [5.74, 6) is 3.06. The zero-order valence-corrected chi connectivity index (χ0v) is 14.3. The number of hydrogen-bond acceptors (Lipinski definition) is 1. The molecule has 2 aromatic rings. The van der Waals surface area contributed by atoms with E-state index in [1.807, 2.05) is 18.2 Å². The van der Waals surface area contributed by atoms with Gasteiger partial charge in [0, 0.05) is 12.2 Å². The van der Waals surface area contributed by atoms with E-state index in [4.69, 9.17) is 0 Å². The molecule has 0 amide bonds. The van der Waals surface area contributed by atoms with E-state index in [1.165, 1.54) is 44.1 Å². The minimum Gasteiger partial charge on any atom is -0.381 e. The molecule has 4 aliphatic rings. The Bertz CT molecular complexity index is 665. The second-order valence-corrected chi connectivity index (χ2v) is 8.54. The van der Waals surface area contributed by atoms with E-state index >= 15 is 0 Å². The Morgan fingerprint density at radius 1 is 0.917 bits per heavy atom. The van der Waals surface area contributed by atoms with Crippen LogP contribution in [0.4, 0.5) is 5.69 Å². The topological polar surface area (TPSA) is 12.0 Å². The third kappa shape index (κ3) is 2.55. The standard InChI is InChI=1S/C23H26N/c1-2-4-22(5-3-1)24-16-17-6-8-21(9-7-17)23-13-18-10-19(14-23)12-20(11-18)15-23/h1-2,4-9,18-20,24H,10-16H2. The molecule has 0 aliphatic heterocycles. The van der Waals surface area contributed by atoms with Crippen molar-refractivity contribution in [1.29, 1.82) is 0 Å². The Balaban J connectivity index is 1.32. The van der Waals surface area contributed by atoms with Gasteiger partial charge in [-0.15, -0.1) is 0 Å². The SMILES string of the molecule is [c]1cccc(NCc2ccc(C34CC5CC(CC(C5)C3)C4)cc2)c1. The van der Waals surface area contributed by atoms with Gasteiger partial charge in [0.05, 0.1) is 0 Å². The molecule has 6 rings (SSSR count). The van der Waals surface area contributed by atoms with E-state index in [0.29, 0.717) is 5.41 Å². The second kappa shape index (κ2) is 5.65. The van der Waals surface area contributed by atoms with E-state index in [2.05, 4.69) is 41.7 Å². The first-order chi connectivity index (χ1) is 11.8. The summed E-state index contributed by atoms with van der Waals surface area (Å²) >= 11 is 0. The average molecular weight is 316 g/mol. The maximum absolute atomic E-state index is 3.48. The molecule has 0 heterocycles. The van der Waals surface area contributed by atoms with Gasteiger partial charge in [-0.2, -0.15) is 0 Å². The van der Waals surface area contributed by atoms with E-state index < -0.39 is 0 Å². The lowest BCUT2D eigenvalue weighted by Gasteiger charge is -2.57. The molecule has 4 fully saturated rings. The van der Waals surface area contributed by atoms with Crippen LogP contribution < -0.4 is 5.32 Å². The molecular weight excluding hydrogens is 290 g/mol. The zero-order chi connectivity index (χ0) is 16.0. The van der Waals surface area contributed by atoms with Gasteiger partial charge in [-0.1, -0.05) is 36.4 Å². The predicted octanol–water partition coefficient (Wildman–Crippen LogP) is 5.57. The molecule has 0 spiro atoms. The normalized spacial score (nSPS) is 33.6. The summed E-state index contributed by atoms with van der Waals surface area (Å²) in [5.41, 5.74) is 4.66. The lowest BCUT2D eigenvalue weighted by atomic mass is 9.48. The maximum atomic E-state index is 3.48. The Morgan fingerprint density at radius 3 is 2.17 bits per heavy atom. The molecule has 4 saturated carbocycles. The molecule has 0 aromatic heterocycles. The Hall–Kier alpha value is -1.76. The van der Waals surface area contributed by atoms with Crippen molar-refractivity contribution in [2.24, 2.45) is 17.8 Å². The van der Waals surface area contributed by atoms with Crippen LogP contribution in [0.25, 0.3) is 0 Å². The number of hydrogen-bond donors (Lipinski definition) is 1. The molecule has 0 saturated heterocycles. The van der Waals surface area contributed by atoms with Crippen LogP contribution >= 0.6 is 0 Å². The van der Waals surface area contributed by atoms with Crippen LogP contribution in [0.3, 0.4) is 0 Å². The first kappa shape index (κ1) is 14.6. The average Bonchev–Trinajstić information content (AvgIpc) is 2.60. The van der Waals surface area contributed by atoms with Gasteiger partial charge < -0.3 is 5.32 Å². The maximum Gasteiger partial charge on any atom is 0.0400 e. The Morgan fingerprint density at radius 2 is 1.58 bits per heavy atom. The predicted molar refractivity (Wildman–Crippen MR) is 98.9 cm³/mol. The van der Waals surface area contributed by atoms with E-state index in [1.54, 1.807) is 5.56 Å². The first-order valence-electron chi connectivity index (χ1n) is 9.58. The van der Waals surface area contributed by atoms with Crippen LogP contribution in [0.2, 0.25) is 0 Å². The molecule has 1 radical (unpaired) electrons. The monoisotopic (exact) mass is 316 g/mol. The molecule has 4 bridgehead atoms. The zero-order valence-electron chi connectivity index (χ0n) is 14.3. The fourth-order valence-corrected chi connectivity index (χ4v) is 6.15. The van der Waals surface area contributed by atoms with Crippen molar-refractivity contribution in [1.82, 2.24) is 0 Å². The van der Waals surface area contributed by atoms with Crippen molar-refractivity contribution >= 4 is 5.69 Å². The Labute approximate surface area is 145 Å². The minimum absolute atomic E-state index is 0.523. The van der Waals surface area contributed by atoms with E-state index in [-0.39, 0.29) is 0 Å². The molecule has 1 nitrogen and oxygen atoms in total. The van der Waals surface area contributed by atoms with Crippen molar-refractivity contribution in [3.63, 3.8) is 0 Å². The number of anilines is 1. The fraction of sp³-hybridized carbons (Fsp3) is 0.478. The van der Waals surface area contributed by atoms with Crippen LogP contribution in [0.5, 0.6) is 0 Å². The van der Waals surface area contributed by atoms with Crippen molar-refractivity contribution in [2.75, 3.05) is 5.32 Å². The van der Waals surface area contributed by atoms with Crippen molar-refractivity contribution < 1.29 is 0 Å². The van der Waals surface area contributed by atoms with Gasteiger partial charge in [-0.25, -0.2) is 0 Å². The molecule has 0 atom stereocenters. The summed E-state index contributed by atoms with van der Waals surface area (Å²) in [5, 5.41) is 3.48. The largest absolute Gasteiger partial charge is 0.381 e. The summed E-state index contributed by atoms with van der Waals surface area (Å²) in [6.45, 7) is 0.888. The van der Waals surface area contributed by atoms with Crippen molar-refractivity contribution in [2.45, 2.75) is 50.5 Å². The van der Waals surface area contributed by atoms with Crippen LogP contribution in [0.1, 0.15) is 49.7 Å². The summed E-state index contributed by atoms with van der Waals surface area (Å²) < 4.78 is 0. The summed E-state index contributed by atoms with van der Waals surface area (Å²) in [4.78, 5) is 0. The van der Waals surface area contributed by atoms with Gasteiger partial charge in [0.15, 0.2) is 0 Å². The first-order valence-corrected chi connectivity index (χ1v) is 9.58. The highest BCUT2D eigenvalue weighted by Gasteiger charge is 2.51. The second-order valence-electron chi connectivity index (χ2n) is 8.54. The van der Waals surface area contributed by atoms with Crippen LogP contribution in [0.15, 0.2) is 48.5 Å². The fourth-order valence-electron chi connectivity index (χ4n) is 6.15. The third-order valence-electron chi connectivity index (χ3n) is 6.81. The molecule has 1 N–H and O–H groups in total. The quantitative estimate of drug-likeness (QED) is 0.778. The number of nitrogens with one attached hydrogen (secondary N) is 1. The highest BCUT2D eigenvalue weighted by molar-refractivity contribution is 5.43. The minimum atomic E-state index is 0.523. The van der Waals surface area contributed by atoms with Crippen LogP contribution in [-0.4, -0.2) is 0 Å². The van der Waals surface area contributed by atoms with Gasteiger partial charge in [-0.05, 0) is 91.0 Å². The Kier molecular flexibility index (Phi) is 3.43. The molecule has 4 aliphatic carbocycles. The smallest absolute Gasteiger partial charge is 0.0400 e. The molecule has 2 aromatic carbocycles. The number of benzene rings is 2. The van der Waals surface area contributed by atoms with Gasteiger partial charge in [-0.3, -0.25) is 0 Å². The highest BCUT2D eigenvalue weighted by Crippen LogP contribution is 2.60. The van der Waals surface area contributed by atoms with Gasteiger partial charge in [0.1, 0.15) is 0 Å². The molecular formula is C23H26N. The van der Waals surface area contributed by atoms with Gasteiger partial charge >= 0.3 is 0 Å². The van der Waals surface area contributed by atoms with E-state index in [9.17, 15) is 0 Å². The lowest BCUT2D eigenvalue weighted by Crippen LogP contribution is -2.48. The summed E-state index contributed by atoms with van der Waals surface area (Å²) in [6, 6.07) is 20.7. The summed E-state index contributed by atoms with van der Waals surface area (Å²) in [7, 11) is 0. The molecule has 24 heavy (non-hydrogen) atoms. The lowest BCUT2D eigenvalue weighted by molar-refractivity contribution is -0.00519. The van der Waals surface area contributed by atoms with E-state index in [0.717, 1.165) is 30.0 Å². The van der Waals surface area contributed by atoms with Crippen LogP contribution in [0, 0.1) is 23.8 Å². The van der Waals surface area contributed by atoms with Crippen molar-refractivity contribution in [3.05, 3.63) is 65.7 Å². The molecule has 123 valence electrons. The summed E-state index contributed by atoms with van der Waals surface area (Å²) in [6.07, 6.45) is 8.93. The van der Waals surface area contributed by atoms with Crippen molar-refractivity contribution in [3.8, 4) is 0 Å². The van der Waals surface area contributed by atoms with Gasteiger partial charge in [0.25, 0.3) is 0 Å². The highest BCUT2D eigenvalue weighted by atomic mass is 14.9. The van der Waals surface area contributed by atoms with Gasteiger partial charge in [0.2, 0.25) is 0 Å². The number of rotatable bonds is 4.